The molecule has 2 N–H and O–H groups in total. The first kappa shape index (κ1) is 22.0. The van der Waals surface area contributed by atoms with Gasteiger partial charge in [-0.3, -0.25) is 29.7 Å². The summed E-state index contributed by atoms with van der Waals surface area (Å²) in [6, 6.07) is 12.6. The van der Waals surface area contributed by atoms with E-state index in [-0.39, 0.29) is 11.6 Å². The van der Waals surface area contributed by atoms with E-state index >= 15 is 0 Å². The number of aromatic nitrogens is 5. The number of H-pyrrole nitrogens is 1. The maximum Gasteiger partial charge on any atom is 0.276 e. The molecule has 0 unspecified atom stereocenters. The zero-order chi connectivity index (χ0) is 24.5. The molecule has 6 rings (SSSR count). The van der Waals surface area contributed by atoms with Crippen molar-refractivity contribution in [2.45, 2.75) is 13.0 Å². The van der Waals surface area contributed by atoms with Crippen molar-refractivity contribution in [1.29, 1.82) is 0 Å². The lowest BCUT2D eigenvalue weighted by Gasteiger charge is -2.30. The predicted molar refractivity (Wildman–Crippen MR) is 135 cm³/mol. The van der Waals surface area contributed by atoms with Crippen molar-refractivity contribution in [3.8, 4) is 22.4 Å². The summed E-state index contributed by atoms with van der Waals surface area (Å²) in [6.45, 7) is 3.15. The second kappa shape index (κ2) is 9.27. The highest BCUT2D eigenvalue weighted by Gasteiger charge is 2.17. The highest BCUT2D eigenvalue weighted by molar-refractivity contribution is 6.11. The number of likely N-dealkylation sites (tertiary alicyclic amines) is 1. The topological polar surface area (TPSA) is 99.7 Å². The zero-order valence-corrected chi connectivity index (χ0v) is 19.3. The van der Waals surface area contributed by atoms with Crippen molar-refractivity contribution < 1.29 is 9.18 Å². The molecule has 0 atom stereocenters. The molecular formula is C27H22FN7O. The second-order valence-corrected chi connectivity index (χ2v) is 8.79. The van der Waals surface area contributed by atoms with Gasteiger partial charge >= 0.3 is 0 Å². The molecule has 0 spiro atoms. The summed E-state index contributed by atoms with van der Waals surface area (Å²) in [5, 5.41) is 10.7. The van der Waals surface area contributed by atoms with Crippen LogP contribution < -0.4 is 5.32 Å². The fraction of sp³-hybridized carbons (Fsp3) is 0.148. The number of nitrogens with one attached hydrogen (secondary N) is 2. The molecule has 5 heterocycles. The number of fused-ring (bicyclic) bond motifs is 1. The lowest BCUT2D eigenvalue weighted by atomic mass is 10.0. The van der Waals surface area contributed by atoms with Crippen molar-refractivity contribution in [2.75, 3.05) is 18.4 Å². The molecule has 1 aliphatic heterocycles. The van der Waals surface area contributed by atoms with Crippen molar-refractivity contribution >= 4 is 22.5 Å². The zero-order valence-electron chi connectivity index (χ0n) is 19.3. The molecule has 0 aliphatic carbocycles. The molecule has 36 heavy (non-hydrogen) atoms. The van der Waals surface area contributed by atoms with E-state index in [1.54, 1.807) is 12.1 Å². The molecule has 1 fully saturated rings. The Morgan fingerprint density at radius 1 is 1.00 bits per heavy atom. The molecular weight excluding hydrogens is 457 g/mol. The third-order valence-electron chi connectivity index (χ3n) is 6.33. The van der Waals surface area contributed by atoms with E-state index in [0.29, 0.717) is 22.3 Å². The minimum atomic E-state index is -0.408. The number of halogens is 1. The number of hydrogen-bond acceptors (Lipinski definition) is 6. The minimum Gasteiger partial charge on any atom is -0.319 e. The van der Waals surface area contributed by atoms with Crippen LogP contribution in [0.5, 0.6) is 0 Å². The Morgan fingerprint density at radius 3 is 2.69 bits per heavy atom. The number of benzene rings is 1. The van der Waals surface area contributed by atoms with Gasteiger partial charge in [-0.2, -0.15) is 5.10 Å². The van der Waals surface area contributed by atoms with Gasteiger partial charge in [0.25, 0.3) is 5.91 Å². The van der Waals surface area contributed by atoms with Crippen LogP contribution in [0.1, 0.15) is 22.5 Å². The number of carbonyl (C=O) groups excluding carboxylic acids is 1. The van der Waals surface area contributed by atoms with E-state index < -0.39 is 5.82 Å². The van der Waals surface area contributed by atoms with Gasteiger partial charge in [-0.15, -0.1) is 0 Å². The summed E-state index contributed by atoms with van der Waals surface area (Å²) in [5.74, 6) is -0.778. The van der Waals surface area contributed by atoms with E-state index in [0.717, 1.165) is 36.3 Å². The van der Waals surface area contributed by atoms with Crippen LogP contribution in [-0.2, 0) is 6.54 Å². The number of carbonyl (C=O) groups is 1. The molecule has 1 saturated heterocycles. The molecule has 4 aromatic heterocycles. The number of rotatable bonds is 6. The lowest BCUT2D eigenvalue weighted by Crippen LogP contribution is -2.36. The minimum absolute atomic E-state index is 0.277. The van der Waals surface area contributed by atoms with E-state index in [4.69, 9.17) is 0 Å². The third-order valence-corrected chi connectivity index (χ3v) is 6.33. The number of hydrogen-bond donors (Lipinski definition) is 2. The average molecular weight is 480 g/mol. The Labute approximate surface area is 206 Å². The van der Waals surface area contributed by atoms with Crippen molar-refractivity contribution in [3.05, 3.63) is 90.5 Å². The van der Waals surface area contributed by atoms with Crippen LogP contribution in [0, 0.1) is 5.82 Å². The smallest absolute Gasteiger partial charge is 0.276 e. The van der Waals surface area contributed by atoms with Gasteiger partial charge in [0, 0.05) is 42.3 Å². The van der Waals surface area contributed by atoms with E-state index in [1.165, 1.54) is 36.6 Å². The Bertz CT molecular complexity index is 1560. The highest BCUT2D eigenvalue weighted by Crippen LogP contribution is 2.27. The number of anilines is 1. The SMILES string of the molecule is O=C(Nc1ccc(-c2cnccc2F)nc1)c1n[nH]c2ccc(-c3cncc(CN4CCC4)c3)cc12. The molecule has 1 aliphatic rings. The van der Waals surface area contributed by atoms with Crippen LogP contribution in [0.3, 0.4) is 0 Å². The quantitative estimate of drug-likeness (QED) is 0.367. The summed E-state index contributed by atoms with van der Waals surface area (Å²) in [4.78, 5) is 28.1. The standard InChI is InChI=1S/C27H22FN7O/c28-23-6-7-29-15-22(23)24-5-3-20(14-31-24)32-27(36)26-21-11-18(2-4-25(21)33-34-26)19-10-17(12-30-13-19)16-35-8-1-9-35/h2-7,10-15H,1,8-9,16H2,(H,32,36)(H,33,34). The maximum absolute atomic E-state index is 14.0. The fourth-order valence-corrected chi connectivity index (χ4v) is 4.28. The Balaban J connectivity index is 1.23. The van der Waals surface area contributed by atoms with Crippen molar-refractivity contribution in [1.82, 2.24) is 30.0 Å². The molecule has 1 amide bonds. The Morgan fingerprint density at radius 2 is 1.92 bits per heavy atom. The lowest BCUT2D eigenvalue weighted by molar-refractivity contribution is 0.102. The van der Waals surface area contributed by atoms with Crippen LogP contribution in [0.4, 0.5) is 10.1 Å². The monoisotopic (exact) mass is 479 g/mol. The number of amides is 1. The normalized spacial score (nSPS) is 13.5. The molecule has 8 nitrogen and oxygen atoms in total. The summed E-state index contributed by atoms with van der Waals surface area (Å²) in [6.07, 6.45) is 9.26. The average Bonchev–Trinajstić information content (AvgIpc) is 3.31. The first-order valence-corrected chi connectivity index (χ1v) is 11.7. The second-order valence-electron chi connectivity index (χ2n) is 8.79. The first-order chi connectivity index (χ1) is 17.6. The van der Waals surface area contributed by atoms with Crippen LogP contribution in [-0.4, -0.2) is 49.0 Å². The molecule has 1 aromatic carbocycles. The molecule has 0 bridgehead atoms. The summed E-state index contributed by atoms with van der Waals surface area (Å²) >= 11 is 0. The number of aromatic amines is 1. The van der Waals surface area contributed by atoms with Crippen LogP contribution in [0.2, 0.25) is 0 Å². The fourth-order valence-electron chi connectivity index (χ4n) is 4.28. The van der Waals surface area contributed by atoms with E-state index in [9.17, 15) is 9.18 Å². The number of pyridine rings is 3. The Kier molecular flexibility index (Phi) is 5.67. The van der Waals surface area contributed by atoms with Gasteiger partial charge in [0.2, 0.25) is 0 Å². The van der Waals surface area contributed by atoms with Gasteiger partial charge in [-0.1, -0.05) is 6.07 Å². The van der Waals surface area contributed by atoms with Gasteiger partial charge in [0.05, 0.1) is 28.7 Å². The number of nitrogens with zero attached hydrogens (tertiary/aromatic N) is 5. The summed E-state index contributed by atoms with van der Waals surface area (Å²) in [7, 11) is 0. The third kappa shape index (κ3) is 4.32. The van der Waals surface area contributed by atoms with Gasteiger partial charge in [0.1, 0.15) is 5.82 Å². The molecule has 0 saturated carbocycles. The largest absolute Gasteiger partial charge is 0.319 e. The molecule has 178 valence electrons. The Hall–Kier alpha value is -4.50. The van der Waals surface area contributed by atoms with Gasteiger partial charge in [-0.05, 0) is 67.0 Å². The van der Waals surface area contributed by atoms with Crippen LogP contribution in [0.15, 0.2) is 73.4 Å². The van der Waals surface area contributed by atoms with Gasteiger partial charge in [-0.25, -0.2) is 4.39 Å². The van der Waals surface area contributed by atoms with Crippen molar-refractivity contribution in [3.63, 3.8) is 0 Å². The highest BCUT2D eigenvalue weighted by atomic mass is 19.1. The predicted octanol–water partition coefficient (Wildman–Crippen LogP) is 4.68. The maximum atomic E-state index is 14.0. The van der Waals surface area contributed by atoms with Crippen molar-refractivity contribution in [2.24, 2.45) is 0 Å². The molecule has 5 aromatic rings. The summed E-state index contributed by atoms with van der Waals surface area (Å²) < 4.78 is 14.0. The van der Waals surface area contributed by atoms with Crippen LogP contribution in [0.25, 0.3) is 33.3 Å². The first-order valence-electron chi connectivity index (χ1n) is 11.7. The van der Waals surface area contributed by atoms with E-state index in [2.05, 4.69) is 41.4 Å². The molecule has 9 heteroatoms. The van der Waals surface area contributed by atoms with E-state index in [1.807, 2.05) is 30.6 Å². The molecule has 0 radical (unpaired) electrons. The van der Waals surface area contributed by atoms with Crippen LogP contribution >= 0.6 is 0 Å². The summed E-state index contributed by atoms with van der Waals surface area (Å²) in [5.41, 5.74) is 5.35. The van der Waals surface area contributed by atoms with Gasteiger partial charge < -0.3 is 5.32 Å². The van der Waals surface area contributed by atoms with Gasteiger partial charge in [0.15, 0.2) is 5.69 Å².